The van der Waals surface area contributed by atoms with Crippen LogP contribution in [0.2, 0.25) is 0 Å². The van der Waals surface area contributed by atoms with E-state index in [1.807, 2.05) is 0 Å². The number of aromatic nitrogens is 3. The molecular formula is C19H28N6. The summed E-state index contributed by atoms with van der Waals surface area (Å²) in [5.74, 6) is 1.70. The molecular weight excluding hydrogens is 312 g/mol. The van der Waals surface area contributed by atoms with Gasteiger partial charge in [-0.25, -0.2) is 0 Å². The Bertz CT molecular complexity index is 633. The number of nitrogens with zero attached hydrogens (tertiary/aromatic N) is 6. The summed E-state index contributed by atoms with van der Waals surface area (Å²) in [7, 11) is 0. The highest BCUT2D eigenvalue weighted by molar-refractivity contribution is 5.49. The van der Waals surface area contributed by atoms with Gasteiger partial charge in [0, 0.05) is 45.0 Å². The molecule has 1 aliphatic rings. The van der Waals surface area contributed by atoms with Gasteiger partial charge in [-0.05, 0) is 25.0 Å². The first kappa shape index (κ1) is 17.5. The monoisotopic (exact) mass is 340 g/mol. The third-order valence-corrected chi connectivity index (χ3v) is 4.53. The van der Waals surface area contributed by atoms with Crippen LogP contribution in [0, 0.1) is 0 Å². The molecule has 0 amide bonds. The predicted molar refractivity (Wildman–Crippen MR) is 103 cm³/mol. The van der Waals surface area contributed by atoms with E-state index in [2.05, 4.69) is 69.1 Å². The van der Waals surface area contributed by atoms with Gasteiger partial charge in [-0.15, -0.1) is 5.10 Å². The van der Waals surface area contributed by atoms with Crippen molar-refractivity contribution in [2.45, 2.75) is 26.7 Å². The lowest BCUT2D eigenvalue weighted by atomic mass is 10.2. The van der Waals surface area contributed by atoms with Gasteiger partial charge >= 0.3 is 0 Å². The third-order valence-electron chi connectivity index (χ3n) is 4.53. The zero-order valence-corrected chi connectivity index (χ0v) is 15.3. The van der Waals surface area contributed by atoms with Gasteiger partial charge in [-0.1, -0.05) is 32.0 Å². The van der Waals surface area contributed by atoms with Crippen molar-refractivity contribution in [3.05, 3.63) is 36.5 Å². The number of para-hydroxylation sites is 1. The summed E-state index contributed by atoms with van der Waals surface area (Å²) in [6.45, 7) is 10.2. The number of piperazine rings is 1. The van der Waals surface area contributed by atoms with Crippen molar-refractivity contribution in [3.8, 4) is 0 Å². The first-order chi connectivity index (χ1) is 12.3. The second kappa shape index (κ2) is 8.65. The van der Waals surface area contributed by atoms with E-state index in [-0.39, 0.29) is 0 Å². The molecule has 0 radical (unpaired) electrons. The highest BCUT2D eigenvalue weighted by Crippen LogP contribution is 2.19. The van der Waals surface area contributed by atoms with E-state index in [1.54, 1.807) is 6.20 Å². The van der Waals surface area contributed by atoms with E-state index in [0.717, 1.165) is 63.9 Å². The van der Waals surface area contributed by atoms with Crippen LogP contribution >= 0.6 is 0 Å². The van der Waals surface area contributed by atoms with E-state index in [4.69, 9.17) is 4.98 Å². The smallest absolute Gasteiger partial charge is 0.247 e. The van der Waals surface area contributed by atoms with E-state index in [1.165, 1.54) is 5.69 Å². The maximum atomic E-state index is 4.79. The Morgan fingerprint density at radius 3 is 2.20 bits per heavy atom. The Hall–Kier alpha value is -2.37. The van der Waals surface area contributed by atoms with Crippen molar-refractivity contribution in [2.24, 2.45) is 0 Å². The molecule has 6 nitrogen and oxygen atoms in total. The molecule has 1 saturated heterocycles. The molecule has 0 aliphatic carbocycles. The first-order valence-corrected chi connectivity index (χ1v) is 9.31. The molecule has 0 unspecified atom stereocenters. The predicted octanol–water partition coefficient (Wildman–Crippen LogP) is 2.82. The average molecular weight is 340 g/mol. The summed E-state index contributed by atoms with van der Waals surface area (Å²) in [5.41, 5.74) is 1.29. The lowest BCUT2D eigenvalue weighted by Crippen LogP contribution is -2.47. The molecule has 1 aromatic carbocycles. The molecule has 0 saturated carbocycles. The quantitative estimate of drug-likeness (QED) is 0.772. The molecule has 6 heteroatoms. The van der Waals surface area contributed by atoms with Gasteiger partial charge < -0.3 is 14.7 Å². The molecule has 0 atom stereocenters. The molecule has 2 aromatic rings. The standard InChI is InChI=1S/C19H28N6/c1-3-10-25(11-4-2)19-21-18(16-20-22-19)24-14-12-23(13-15-24)17-8-6-5-7-9-17/h5-9,16H,3-4,10-15H2,1-2H3. The second-order valence-corrected chi connectivity index (χ2v) is 6.41. The van der Waals surface area contributed by atoms with Gasteiger partial charge in [0.05, 0.1) is 6.20 Å². The van der Waals surface area contributed by atoms with Crippen molar-refractivity contribution in [1.29, 1.82) is 0 Å². The molecule has 1 aliphatic heterocycles. The van der Waals surface area contributed by atoms with Crippen molar-refractivity contribution >= 4 is 17.5 Å². The summed E-state index contributed by atoms with van der Waals surface area (Å²) in [6.07, 6.45) is 3.96. The van der Waals surface area contributed by atoms with E-state index < -0.39 is 0 Å². The summed E-state index contributed by atoms with van der Waals surface area (Å²) >= 11 is 0. The molecule has 2 heterocycles. The summed E-state index contributed by atoms with van der Waals surface area (Å²) < 4.78 is 0. The Labute approximate surface area is 150 Å². The Morgan fingerprint density at radius 2 is 1.56 bits per heavy atom. The van der Waals surface area contributed by atoms with Crippen LogP contribution in [0.3, 0.4) is 0 Å². The number of hydrogen-bond acceptors (Lipinski definition) is 6. The number of benzene rings is 1. The molecule has 134 valence electrons. The molecule has 1 aromatic heterocycles. The van der Waals surface area contributed by atoms with Gasteiger partial charge in [0.25, 0.3) is 0 Å². The van der Waals surface area contributed by atoms with Crippen molar-refractivity contribution in [2.75, 3.05) is 54.0 Å². The molecule has 1 fully saturated rings. The molecule has 0 spiro atoms. The fourth-order valence-corrected chi connectivity index (χ4v) is 3.26. The van der Waals surface area contributed by atoms with Crippen LogP contribution in [0.5, 0.6) is 0 Å². The lowest BCUT2D eigenvalue weighted by molar-refractivity contribution is 0.640. The lowest BCUT2D eigenvalue weighted by Gasteiger charge is -2.36. The summed E-state index contributed by atoms with van der Waals surface area (Å²) in [5, 5.41) is 8.48. The zero-order valence-electron chi connectivity index (χ0n) is 15.3. The maximum Gasteiger partial charge on any atom is 0.247 e. The van der Waals surface area contributed by atoms with Crippen LogP contribution < -0.4 is 14.7 Å². The topological polar surface area (TPSA) is 48.4 Å². The van der Waals surface area contributed by atoms with Crippen molar-refractivity contribution in [1.82, 2.24) is 15.2 Å². The Kier molecular flexibility index (Phi) is 6.04. The molecule has 0 N–H and O–H groups in total. The minimum absolute atomic E-state index is 0.756. The summed E-state index contributed by atoms with van der Waals surface area (Å²) in [4.78, 5) is 11.8. The second-order valence-electron chi connectivity index (χ2n) is 6.41. The van der Waals surface area contributed by atoms with Crippen LogP contribution in [0.25, 0.3) is 0 Å². The average Bonchev–Trinajstić information content (AvgIpc) is 2.69. The van der Waals surface area contributed by atoms with Crippen molar-refractivity contribution in [3.63, 3.8) is 0 Å². The van der Waals surface area contributed by atoms with Gasteiger partial charge in [-0.2, -0.15) is 10.1 Å². The van der Waals surface area contributed by atoms with Crippen LogP contribution in [-0.4, -0.2) is 54.4 Å². The van der Waals surface area contributed by atoms with Gasteiger partial charge in [0.2, 0.25) is 5.95 Å². The molecule has 3 rings (SSSR count). The Balaban J connectivity index is 1.66. The number of anilines is 3. The van der Waals surface area contributed by atoms with Gasteiger partial charge in [0.15, 0.2) is 5.82 Å². The minimum Gasteiger partial charge on any atom is -0.368 e. The fraction of sp³-hybridized carbons (Fsp3) is 0.526. The van der Waals surface area contributed by atoms with Gasteiger partial charge in [0.1, 0.15) is 0 Å². The number of rotatable bonds is 7. The fourth-order valence-electron chi connectivity index (χ4n) is 3.26. The largest absolute Gasteiger partial charge is 0.368 e. The van der Waals surface area contributed by atoms with Crippen LogP contribution in [0.4, 0.5) is 17.5 Å². The first-order valence-electron chi connectivity index (χ1n) is 9.31. The minimum atomic E-state index is 0.756. The van der Waals surface area contributed by atoms with E-state index in [0.29, 0.717) is 0 Å². The third kappa shape index (κ3) is 4.38. The Morgan fingerprint density at radius 1 is 0.920 bits per heavy atom. The van der Waals surface area contributed by atoms with Crippen LogP contribution in [0.1, 0.15) is 26.7 Å². The maximum absolute atomic E-state index is 4.79. The van der Waals surface area contributed by atoms with Crippen LogP contribution in [0.15, 0.2) is 36.5 Å². The van der Waals surface area contributed by atoms with Gasteiger partial charge in [-0.3, -0.25) is 0 Å². The number of hydrogen-bond donors (Lipinski definition) is 0. The van der Waals surface area contributed by atoms with Crippen molar-refractivity contribution < 1.29 is 0 Å². The highest BCUT2D eigenvalue weighted by atomic mass is 15.4. The normalized spacial score (nSPS) is 14.6. The summed E-state index contributed by atoms with van der Waals surface area (Å²) in [6, 6.07) is 10.6. The SMILES string of the molecule is CCCN(CCC)c1nncc(N2CCN(c3ccccc3)CC2)n1. The molecule has 0 bridgehead atoms. The van der Waals surface area contributed by atoms with E-state index in [9.17, 15) is 0 Å². The van der Waals surface area contributed by atoms with E-state index >= 15 is 0 Å². The molecule has 25 heavy (non-hydrogen) atoms. The zero-order chi connectivity index (χ0) is 17.5. The highest BCUT2D eigenvalue weighted by Gasteiger charge is 2.20. The van der Waals surface area contributed by atoms with Crippen LogP contribution in [-0.2, 0) is 0 Å².